The summed E-state index contributed by atoms with van der Waals surface area (Å²) in [6.07, 6.45) is 1.88. The van der Waals surface area contributed by atoms with Gasteiger partial charge >= 0.3 is 0 Å². The van der Waals surface area contributed by atoms with Crippen molar-refractivity contribution < 1.29 is 4.52 Å². The number of rotatable bonds is 9. The van der Waals surface area contributed by atoms with Crippen molar-refractivity contribution in [3.8, 4) is 11.4 Å². The number of hydrogen-bond donors (Lipinski definition) is 1. The molecule has 0 spiro atoms. The fourth-order valence-electron chi connectivity index (χ4n) is 4.17. The zero-order valence-electron chi connectivity index (χ0n) is 19.4. The highest BCUT2D eigenvalue weighted by Gasteiger charge is 2.23. The molecule has 1 aromatic heterocycles. The van der Waals surface area contributed by atoms with E-state index in [4.69, 9.17) is 21.1 Å². The van der Waals surface area contributed by atoms with Gasteiger partial charge in [-0.3, -0.25) is 0 Å². The van der Waals surface area contributed by atoms with Crippen LogP contribution >= 0.6 is 11.6 Å². The van der Waals surface area contributed by atoms with Gasteiger partial charge in [0.2, 0.25) is 11.7 Å². The van der Waals surface area contributed by atoms with Gasteiger partial charge in [0.25, 0.3) is 0 Å². The number of nitrogens with one attached hydrogen (secondary N) is 1. The standard InChI is InChI=1S/C28H30ClN3O/c1-4-12-30-18-21-8-10-23(11-9-21)27-31-28(33-32-27)26(24-6-5-7-25(29)17-24)16-22-14-19(2)13-20(3)15-22/h5-11,13-15,17,26,30H,4,12,16,18H2,1-3H3/t26-/m1/s1. The van der Waals surface area contributed by atoms with Gasteiger partial charge in [0.1, 0.15) is 0 Å². The largest absolute Gasteiger partial charge is 0.338 e. The average molecular weight is 460 g/mol. The topological polar surface area (TPSA) is 51.0 Å². The van der Waals surface area contributed by atoms with Crippen LogP contribution in [0, 0.1) is 13.8 Å². The number of benzene rings is 3. The first-order valence-electron chi connectivity index (χ1n) is 11.5. The molecule has 4 rings (SSSR count). The zero-order valence-corrected chi connectivity index (χ0v) is 20.2. The predicted octanol–water partition coefficient (Wildman–Crippen LogP) is 6.88. The van der Waals surface area contributed by atoms with Gasteiger partial charge in [0, 0.05) is 17.1 Å². The summed E-state index contributed by atoms with van der Waals surface area (Å²) >= 11 is 6.32. The molecule has 4 aromatic rings. The fraction of sp³-hybridized carbons (Fsp3) is 0.286. The van der Waals surface area contributed by atoms with E-state index in [1.807, 2.05) is 18.2 Å². The van der Waals surface area contributed by atoms with Gasteiger partial charge in [-0.1, -0.05) is 89.4 Å². The molecule has 0 unspecified atom stereocenters. The second-order valence-corrected chi connectivity index (χ2v) is 9.07. The molecule has 0 aliphatic heterocycles. The summed E-state index contributed by atoms with van der Waals surface area (Å²) in [5.74, 6) is 1.12. The smallest absolute Gasteiger partial charge is 0.234 e. The van der Waals surface area contributed by atoms with Crippen molar-refractivity contribution in [3.05, 3.63) is 105 Å². The van der Waals surface area contributed by atoms with Crippen molar-refractivity contribution in [2.24, 2.45) is 0 Å². The van der Waals surface area contributed by atoms with Gasteiger partial charge in [-0.15, -0.1) is 0 Å². The number of hydrogen-bond acceptors (Lipinski definition) is 4. The Kier molecular flexibility index (Phi) is 7.58. The second-order valence-electron chi connectivity index (χ2n) is 8.64. The number of halogens is 1. The highest BCUT2D eigenvalue weighted by atomic mass is 35.5. The van der Waals surface area contributed by atoms with Crippen LogP contribution in [0.2, 0.25) is 5.02 Å². The molecule has 33 heavy (non-hydrogen) atoms. The van der Waals surface area contributed by atoms with Crippen LogP contribution in [0.15, 0.2) is 71.3 Å². The Balaban J connectivity index is 1.61. The summed E-state index contributed by atoms with van der Waals surface area (Å²) in [6, 6.07) is 22.8. The second kappa shape index (κ2) is 10.8. The van der Waals surface area contributed by atoms with Crippen LogP contribution in [0.4, 0.5) is 0 Å². The van der Waals surface area contributed by atoms with Crippen LogP contribution in [0.1, 0.15) is 53.0 Å². The molecule has 0 bridgehead atoms. The molecular formula is C28H30ClN3O. The molecule has 0 saturated carbocycles. The molecule has 1 atom stereocenters. The van der Waals surface area contributed by atoms with E-state index >= 15 is 0 Å². The number of nitrogens with zero attached hydrogens (tertiary/aromatic N) is 2. The molecule has 0 radical (unpaired) electrons. The van der Waals surface area contributed by atoms with Crippen molar-refractivity contribution in [2.75, 3.05) is 6.54 Å². The quantitative estimate of drug-likeness (QED) is 0.277. The molecule has 0 aliphatic rings. The van der Waals surface area contributed by atoms with E-state index in [0.717, 1.165) is 37.1 Å². The third-order valence-corrected chi connectivity index (χ3v) is 5.92. The first-order valence-corrected chi connectivity index (χ1v) is 11.9. The van der Waals surface area contributed by atoms with Crippen molar-refractivity contribution in [1.29, 1.82) is 0 Å². The SMILES string of the molecule is CCCNCc1ccc(-c2noc([C@H](Cc3cc(C)cc(C)c3)c3cccc(Cl)c3)n2)cc1. The van der Waals surface area contributed by atoms with E-state index in [1.165, 1.54) is 22.3 Å². The van der Waals surface area contributed by atoms with Gasteiger partial charge < -0.3 is 9.84 Å². The maximum Gasteiger partial charge on any atom is 0.234 e. The molecule has 0 amide bonds. The van der Waals surface area contributed by atoms with Gasteiger partial charge in [-0.25, -0.2) is 0 Å². The van der Waals surface area contributed by atoms with Crippen LogP contribution in [-0.4, -0.2) is 16.7 Å². The maximum absolute atomic E-state index is 6.32. The Morgan fingerprint density at radius 2 is 1.70 bits per heavy atom. The molecule has 0 saturated heterocycles. The third kappa shape index (κ3) is 6.10. The summed E-state index contributed by atoms with van der Waals surface area (Å²) < 4.78 is 5.80. The van der Waals surface area contributed by atoms with Crippen LogP contribution < -0.4 is 5.32 Å². The van der Waals surface area contributed by atoms with E-state index < -0.39 is 0 Å². The lowest BCUT2D eigenvalue weighted by Crippen LogP contribution is -2.13. The highest BCUT2D eigenvalue weighted by Crippen LogP contribution is 2.31. The molecular weight excluding hydrogens is 430 g/mol. The summed E-state index contributed by atoms with van der Waals surface area (Å²) in [7, 11) is 0. The van der Waals surface area contributed by atoms with Gasteiger partial charge in [0.15, 0.2) is 0 Å². The normalized spacial score (nSPS) is 12.1. The molecule has 0 aliphatic carbocycles. The van der Waals surface area contributed by atoms with Crippen molar-refractivity contribution in [2.45, 2.75) is 46.1 Å². The fourth-order valence-corrected chi connectivity index (χ4v) is 4.37. The summed E-state index contributed by atoms with van der Waals surface area (Å²) in [5.41, 5.74) is 6.97. The maximum atomic E-state index is 6.32. The molecule has 4 nitrogen and oxygen atoms in total. The van der Waals surface area contributed by atoms with E-state index in [-0.39, 0.29) is 5.92 Å². The highest BCUT2D eigenvalue weighted by molar-refractivity contribution is 6.30. The third-order valence-electron chi connectivity index (χ3n) is 5.68. The Hall–Kier alpha value is -2.95. The monoisotopic (exact) mass is 459 g/mol. The minimum atomic E-state index is -0.0799. The van der Waals surface area contributed by atoms with E-state index in [2.05, 4.69) is 79.8 Å². The molecule has 1 N–H and O–H groups in total. The van der Waals surface area contributed by atoms with Crippen molar-refractivity contribution in [3.63, 3.8) is 0 Å². The lowest BCUT2D eigenvalue weighted by molar-refractivity contribution is 0.365. The van der Waals surface area contributed by atoms with Crippen LogP contribution in [0.3, 0.4) is 0 Å². The lowest BCUT2D eigenvalue weighted by atomic mass is 9.90. The molecule has 0 fully saturated rings. The molecule has 170 valence electrons. The molecule has 1 heterocycles. The molecule has 5 heteroatoms. The summed E-state index contributed by atoms with van der Waals surface area (Å²) in [5, 5.41) is 8.42. The Morgan fingerprint density at radius 3 is 2.39 bits per heavy atom. The van der Waals surface area contributed by atoms with Crippen LogP contribution in [0.5, 0.6) is 0 Å². The van der Waals surface area contributed by atoms with Gasteiger partial charge in [-0.2, -0.15) is 4.98 Å². The van der Waals surface area contributed by atoms with Crippen LogP contribution in [0.25, 0.3) is 11.4 Å². The van der Waals surface area contributed by atoms with Crippen LogP contribution in [-0.2, 0) is 13.0 Å². The first kappa shape index (κ1) is 23.2. The van der Waals surface area contributed by atoms with Crippen molar-refractivity contribution in [1.82, 2.24) is 15.5 Å². The molecule has 3 aromatic carbocycles. The summed E-state index contributed by atoms with van der Waals surface area (Å²) in [4.78, 5) is 4.80. The van der Waals surface area contributed by atoms with E-state index in [9.17, 15) is 0 Å². The van der Waals surface area contributed by atoms with E-state index in [1.54, 1.807) is 0 Å². The average Bonchev–Trinajstić information content (AvgIpc) is 3.27. The Morgan fingerprint density at radius 1 is 0.939 bits per heavy atom. The van der Waals surface area contributed by atoms with Gasteiger partial charge in [-0.05, 0) is 62.1 Å². The lowest BCUT2D eigenvalue weighted by Gasteiger charge is -2.15. The Bertz CT molecular complexity index is 1180. The summed E-state index contributed by atoms with van der Waals surface area (Å²) in [6.45, 7) is 8.29. The zero-order chi connectivity index (χ0) is 23.2. The van der Waals surface area contributed by atoms with E-state index in [0.29, 0.717) is 16.7 Å². The Labute approximate surface area is 201 Å². The predicted molar refractivity (Wildman–Crippen MR) is 135 cm³/mol. The first-order chi connectivity index (χ1) is 16.0. The number of aryl methyl sites for hydroxylation is 2. The van der Waals surface area contributed by atoms with Gasteiger partial charge in [0.05, 0.1) is 5.92 Å². The van der Waals surface area contributed by atoms with Crippen molar-refractivity contribution >= 4 is 11.6 Å². The number of aromatic nitrogens is 2. The minimum absolute atomic E-state index is 0.0799. The minimum Gasteiger partial charge on any atom is -0.338 e.